The SMILES string of the molecule is Cc1nc(N2N=C3/C(=C\c4ccccc4)CCC[C@@H]3[C@H]2c2ccccc2)sc1C(=O)O. The number of hydrogen-bond donors (Lipinski definition) is 1. The Morgan fingerprint density at radius 3 is 2.52 bits per heavy atom. The molecule has 1 aliphatic heterocycles. The van der Waals surface area contributed by atoms with Crippen LogP contribution in [0.1, 0.15) is 51.8 Å². The Hall–Kier alpha value is -3.25. The van der Waals surface area contributed by atoms with Gasteiger partial charge in [0.25, 0.3) is 0 Å². The van der Waals surface area contributed by atoms with Crippen molar-refractivity contribution in [2.24, 2.45) is 11.0 Å². The number of aryl methyl sites for hydroxylation is 1. The summed E-state index contributed by atoms with van der Waals surface area (Å²) in [4.78, 5) is 16.5. The number of benzene rings is 2. The number of allylic oxidation sites excluding steroid dienone is 1. The van der Waals surface area contributed by atoms with Gasteiger partial charge < -0.3 is 5.11 Å². The minimum absolute atomic E-state index is 0.0165. The second-order valence-electron chi connectivity index (χ2n) is 7.98. The first-order valence-corrected chi connectivity index (χ1v) is 11.3. The molecule has 1 saturated carbocycles. The standard InChI is InChI=1S/C25H23N3O2S/c1-16-23(24(29)30)31-25(26-16)28-22(18-11-6-3-7-12-18)20-14-8-13-19(21(20)27-28)15-17-9-4-2-5-10-17/h2-7,9-12,15,20,22H,8,13-14H2,1H3,(H,29,30)/b19-15-/t20-,22+/m0/s1. The predicted octanol–water partition coefficient (Wildman–Crippen LogP) is 5.95. The molecule has 5 nitrogen and oxygen atoms in total. The fourth-order valence-electron chi connectivity index (χ4n) is 4.57. The number of hydrazone groups is 1. The molecule has 1 N–H and O–H groups in total. The molecule has 2 aromatic carbocycles. The van der Waals surface area contributed by atoms with Gasteiger partial charge in [-0.15, -0.1) is 0 Å². The highest BCUT2D eigenvalue weighted by atomic mass is 32.1. The van der Waals surface area contributed by atoms with E-state index in [9.17, 15) is 9.90 Å². The van der Waals surface area contributed by atoms with Crippen LogP contribution in [0.4, 0.5) is 5.13 Å². The zero-order valence-electron chi connectivity index (χ0n) is 17.2. The van der Waals surface area contributed by atoms with E-state index in [1.807, 2.05) is 41.4 Å². The normalized spacial score (nSPS) is 21.8. The van der Waals surface area contributed by atoms with E-state index in [1.165, 1.54) is 28.0 Å². The summed E-state index contributed by atoms with van der Waals surface area (Å²) >= 11 is 1.20. The highest BCUT2D eigenvalue weighted by Gasteiger charge is 2.43. The molecule has 1 aromatic heterocycles. The molecule has 2 heterocycles. The van der Waals surface area contributed by atoms with Crippen molar-refractivity contribution in [2.75, 3.05) is 5.01 Å². The average molecular weight is 430 g/mol. The Morgan fingerprint density at radius 2 is 1.84 bits per heavy atom. The molecule has 0 unspecified atom stereocenters. The molecule has 1 fully saturated rings. The zero-order chi connectivity index (χ0) is 21.4. The van der Waals surface area contributed by atoms with E-state index >= 15 is 0 Å². The van der Waals surface area contributed by atoms with Gasteiger partial charge in [-0.3, -0.25) is 0 Å². The summed E-state index contributed by atoms with van der Waals surface area (Å²) in [5.41, 5.74) is 5.26. The number of anilines is 1. The summed E-state index contributed by atoms with van der Waals surface area (Å²) in [6.07, 6.45) is 5.40. The van der Waals surface area contributed by atoms with E-state index in [4.69, 9.17) is 5.10 Å². The van der Waals surface area contributed by atoms with Crippen LogP contribution >= 0.6 is 11.3 Å². The minimum Gasteiger partial charge on any atom is -0.477 e. The third-order valence-corrected chi connectivity index (χ3v) is 7.09. The summed E-state index contributed by atoms with van der Waals surface area (Å²) in [6.45, 7) is 1.75. The lowest BCUT2D eigenvalue weighted by atomic mass is 9.77. The second-order valence-corrected chi connectivity index (χ2v) is 8.96. The van der Waals surface area contributed by atoms with Gasteiger partial charge in [0.1, 0.15) is 4.88 Å². The van der Waals surface area contributed by atoms with Crippen LogP contribution in [0.2, 0.25) is 0 Å². The van der Waals surface area contributed by atoms with Crippen molar-refractivity contribution in [2.45, 2.75) is 32.2 Å². The fraction of sp³-hybridized carbons (Fsp3) is 0.240. The number of rotatable bonds is 4. The number of carboxylic acids is 1. The van der Waals surface area contributed by atoms with Crippen molar-refractivity contribution >= 4 is 34.2 Å². The van der Waals surface area contributed by atoms with Crippen LogP contribution in [0.25, 0.3) is 6.08 Å². The van der Waals surface area contributed by atoms with Crippen LogP contribution in [0, 0.1) is 12.8 Å². The summed E-state index contributed by atoms with van der Waals surface area (Å²) in [5.74, 6) is -0.685. The van der Waals surface area contributed by atoms with Gasteiger partial charge in [0.05, 0.1) is 17.4 Å². The number of nitrogens with zero attached hydrogens (tertiary/aromatic N) is 3. The fourth-order valence-corrected chi connectivity index (χ4v) is 5.46. The number of fused-ring (bicyclic) bond motifs is 1. The van der Waals surface area contributed by atoms with Crippen molar-refractivity contribution in [1.82, 2.24) is 4.98 Å². The minimum atomic E-state index is -0.938. The maximum Gasteiger partial charge on any atom is 0.347 e. The molecule has 0 bridgehead atoms. The molecule has 0 spiro atoms. The van der Waals surface area contributed by atoms with Crippen LogP contribution < -0.4 is 5.01 Å². The van der Waals surface area contributed by atoms with Gasteiger partial charge in [-0.05, 0) is 49.0 Å². The van der Waals surface area contributed by atoms with Crippen molar-refractivity contribution in [3.8, 4) is 0 Å². The van der Waals surface area contributed by atoms with Crippen LogP contribution in [0.15, 0.2) is 71.3 Å². The third kappa shape index (κ3) is 3.68. The van der Waals surface area contributed by atoms with Crippen molar-refractivity contribution in [3.63, 3.8) is 0 Å². The summed E-state index contributed by atoms with van der Waals surface area (Å²) < 4.78 is 0. The van der Waals surface area contributed by atoms with Crippen molar-refractivity contribution < 1.29 is 9.90 Å². The van der Waals surface area contributed by atoms with Crippen LogP contribution in [0.5, 0.6) is 0 Å². The zero-order valence-corrected chi connectivity index (χ0v) is 18.0. The smallest absolute Gasteiger partial charge is 0.347 e. The number of carboxylic acid groups (broad SMARTS) is 1. The van der Waals surface area contributed by atoms with Gasteiger partial charge in [0.15, 0.2) is 0 Å². The molecule has 156 valence electrons. The molecule has 3 aromatic rings. The summed E-state index contributed by atoms with van der Waals surface area (Å²) in [6, 6.07) is 20.7. The number of aromatic nitrogens is 1. The molecule has 2 atom stereocenters. The van der Waals surface area contributed by atoms with Gasteiger partial charge in [-0.25, -0.2) is 14.8 Å². The topological polar surface area (TPSA) is 65.8 Å². The molecule has 2 aliphatic rings. The summed E-state index contributed by atoms with van der Waals surface area (Å²) in [7, 11) is 0. The maximum atomic E-state index is 11.6. The molecule has 31 heavy (non-hydrogen) atoms. The maximum absolute atomic E-state index is 11.6. The lowest BCUT2D eigenvalue weighted by Crippen LogP contribution is -2.28. The number of hydrogen-bond acceptors (Lipinski definition) is 5. The molecule has 6 heteroatoms. The number of aromatic carboxylic acids is 1. The van der Waals surface area contributed by atoms with Gasteiger partial charge >= 0.3 is 5.97 Å². The quantitative estimate of drug-likeness (QED) is 0.556. The first kappa shape index (κ1) is 19.7. The molecule has 0 radical (unpaired) electrons. The molecule has 0 amide bonds. The molecule has 0 saturated heterocycles. The first-order chi connectivity index (χ1) is 15.1. The Labute approximate surface area is 185 Å². The molecule has 1 aliphatic carbocycles. The van der Waals surface area contributed by atoms with E-state index in [-0.39, 0.29) is 16.8 Å². The van der Waals surface area contributed by atoms with E-state index in [1.54, 1.807) is 6.92 Å². The van der Waals surface area contributed by atoms with Gasteiger partial charge in [0, 0.05) is 5.92 Å². The molecule has 5 rings (SSSR count). The Bertz CT molecular complexity index is 1170. The van der Waals surface area contributed by atoms with Gasteiger partial charge in [-0.2, -0.15) is 5.10 Å². The Morgan fingerprint density at radius 1 is 1.13 bits per heavy atom. The number of carbonyl (C=O) groups is 1. The van der Waals surface area contributed by atoms with Gasteiger partial charge in [-0.1, -0.05) is 72.0 Å². The average Bonchev–Trinajstić information content (AvgIpc) is 3.36. The Kier molecular flexibility index (Phi) is 5.16. The molecular formula is C25H23N3O2S. The predicted molar refractivity (Wildman–Crippen MR) is 125 cm³/mol. The van der Waals surface area contributed by atoms with Crippen molar-refractivity contribution in [3.05, 3.63) is 87.9 Å². The third-order valence-electron chi connectivity index (χ3n) is 5.96. The van der Waals surface area contributed by atoms with Crippen molar-refractivity contribution in [1.29, 1.82) is 0 Å². The van der Waals surface area contributed by atoms with E-state index in [0.29, 0.717) is 10.8 Å². The van der Waals surface area contributed by atoms with E-state index < -0.39 is 5.97 Å². The van der Waals surface area contributed by atoms with E-state index in [0.717, 1.165) is 25.0 Å². The highest BCUT2D eigenvalue weighted by Crippen LogP contribution is 2.47. The first-order valence-electron chi connectivity index (χ1n) is 10.5. The second kappa shape index (κ2) is 8.12. The monoisotopic (exact) mass is 429 g/mol. The lowest BCUT2D eigenvalue weighted by Gasteiger charge is -2.29. The molecular weight excluding hydrogens is 406 g/mol. The van der Waals surface area contributed by atoms with E-state index in [2.05, 4.69) is 35.3 Å². The van der Waals surface area contributed by atoms with Crippen LogP contribution in [0.3, 0.4) is 0 Å². The lowest BCUT2D eigenvalue weighted by molar-refractivity contribution is 0.0701. The Balaban J connectivity index is 1.61. The largest absolute Gasteiger partial charge is 0.477 e. The van der Waals surface area contributed by atoms with Crippen LogP contribution in [-0.4, -0.2) is 21.8 Å². The van der Waals surface area contributed by atoms with Crippen LogP contribution in [-0.2, 0) is 0 Å². The van der Waals surface area contributed by atoms with Gasteiger partial charge in [0.2, 0.25) is 5.13 Å². The highest BCUT2D eigenvalue weighted by molar-refractivity contribution is 7.17. The number of thiazole rings is 1. The summed E-state index contributed by atoms with van der Waals surface area (Å²) in [5, 5.41) is 17.2.